The summed E-state index contributed by atoms with van der Waals surface area (Å²) in [7, 11) is 0. The molecule has 0 bridgehead atoms. The van der Waals surface area contributed by atoms with Gasteiger partial charge >= 0.3 is 11.9 Å². The molecule has 0 unspecified atom stereocenters. The smallest absolute Gasteiger partial charge is 0.328 e. The number of ether oxygens (including phenoxy) is 2. The van der Waals surface area contributed by atoms with Crippen molar-refractivity contribution in [2.45, 2.75) is 85.0 Å². The van der Waals surface area contributed by atoms with E-state index in [0.29, 0.717) is 6.42 Å². The van der Waals surface area contributed by atoms with E-state index in [2.05, 4.69) is 11.7 Å². The molecule has 1 rings (SSSR count). The van der Waals surface area contributed by atoms with Crippen molar-refractivity contribution in [2.75, 3.05) is 6.61 Å². The summed E-state index contributed by atoms with van der Waals surface area (Å²) >= 11 is 0. The Morgan fingerprint density at radius 1 is 0.656 bits per heavy atom. The van der Waals surface area contributed by atoms with Crippen LogP contribution in [0.1, 0.15) is 85.0 Å². The maximum Gasteiger partial charge on any atom is 0.328 e. The first kappa shape index (κ1) is 27.8. The molecule has 1 aromatic rings. The minimum absolute atomic E-state index is 0.0363. The molecular formula is C23H31F5O4. The molecule has 0 N–H and O–H groups in total. The molecule has 9 heteroatoms. The standard InChI is InChI=1S/C23H31F5O4/c1-4-5-6-7-8-9-10-11-12-13-14-31-21(29)23(2,3)22(30)32-20-18(27)16(25)15(24)17(26)19(20)28/h4-14H2,1-3H3. The molecule has 0 atom stereocenters. The van der Waals surface area contributed by atoms with Gasteiger partial charge in [-0.2, -0.15) is 8.78 Å². The van der Waals surface area contributed by atoms with Gasteiger partial charge in [0.25, 0.3) is 0 Å². The average Bonchev–Trinajstić information content (AvgIpc) is 2.77. The quantitative estimate of drug-likeness (QED) is 0.0577. The molecule has 0 aliphatic heterocycles. The van der Waals surface area contributed by atoms with E-state index >= 15 is 0 Å². The van der Waals surface area contributed by atoms with Crippen LogP contribution in [-0.4, -0.2) is 18.5 Å². The van der Waals surface area contributed by atoms with Gasteiger partial charge in [0.15, 0.2) is 5.41 Å². The first-order valence-electron chi connectivity index (χ1n) is 11.0. The molecule has 0 saturated carbocycles. The van der Waals surface area contributed by atoms with Crippen LogP contribution >= 0.6 is 0 Å². The third kappa shape index (κ3) is 7.74. The lowest BCUT2D eigenvalue weighted by Crippen LogP contribution is -2.38. The van der Waals surface area contributed by atoms with E-state index in [1.807, 2.05) is 0 Å². The average molecular weight is 466 g/mol. The fourth-order valence-electron chi connectivity index (χ4n) is 2.91. The van der Waals surface area contributed by atoms with Gasteiger partial charge in [-0.1, -0.05) is 64.7 Å². The molecule has 182 valence electrons. The highest BCUT2D eigenvalue weighted by molar-refractivity contribution is 5.99. The second-order valence-corrected chi connectivity index (χ2v) is 8.23. The summed E-state index contributed by atoms with van der Waals surface area (Å²) in [4.78, 5) is 24.4. The number of benzene rings is 1. The van der Waals surface area contributed by atoms with Crippen molar-refractivity contribution in [2.24, 2.45) is 5.41 Å². The van der Waals surface area contributed by atoms with Crippen molar-refractivity contribution in [1.82, 2.24) is 0 Å². The molecule has 0 aliphatic carbocycles. The minimum Gasteiger partial charge on any atom is -0.465 e. The van der Waals surface area contributed by atoms with Crippen molar-refractivity contribution in [1.29, 1.82) is 0 Å². The molecule has 4 nitrogen and oxygen atoms in total. The van der Waals surface area contributed by atoms with E-state index in [4.69, 9.17) is 4.74 Å². The van der Waals surface area contributed by atoms with Crippen LogP contribution in [-0.2, 0) is 14.3 Å². The van der Waals surface area contributed by atoms with E-state index in [0.717, 1.165) is 39.5 Å². The van der Waals surface area contributed by atoms with Crippen molar-refractivity contribution in [3.8, 4) is 5.75 Å². The third-order valence-electron chi connectivity index (χ3n) is 5.12. The molecular weight excluding hydrogens is 435 g/mol. The van der Waals surface area contributed by atoms with Crippen molar-refractivity contribution < 1.29 is 41.0 Å². The van der Waals surface area contributed by atoms with Crippen LogP contribution in [0.3, 0.4) is 0 Å². The molecule has 0 saturated heterocycles. The van der Waals surface area contributed by atoms with Gasteiger partial charge in [0.2, 0.25) is 34.8 Å². The SMILES string of the molecule is CCCCCCCCCCCCOC(=O)C(C)(C)C(=O)Oc1c(F)c(F)c(F)c(F)c1F. The summed E-state index contributed by atoms with van der Waals surface area (Å²) < 4.78 is 76.4. The van der Waals surface area contributed by atoms with Gasteiger partial charge in [0.05, 0.1) is 6.61 Å². The molecule has 0 aromatic heterocycles. The summed E-state index contributed by atoms with van der Waals surface area (Å²) in [6, 6.07) is 0. The van der Waals surface area contributed by atoms with Gasteiger partial charge in [-0.15, -0.1) is 0 Å². The van der Waals surface area contributed by atoms with Crippen molar-refractivity contribution in [3.05, 3.63) is 29.1 Å². The largest absolute Gasteiger partial charge is 0.465 e. The number of hydrogen-bond donors (Lipinski definition) is 0. The number of rotatable bonds is 14. The molecule has 32 heavy (non-hydrogen) atoms. The van der Waals surface area contributed by atoms with Gasteiger partial charge in [0.1, 0.15) is 0 Å². The molecule has 0 aliphatic rings. The maximum atomic E-state index is 13.7. The molecule has 0 fully saturated rings. The van der Waals surface area contributed by atoms with Crippen LogP contribution in [0.15, 0.2) is 0 Å². The van der Waals surface area contributed by atoms with Crippen LogP contribution in [0.2, 0.25) is 0 Å². The zero-order chi connectivity index (χ0) is 24.3. The van der Waals surface area contributed by atoms with Crippen LogP contribution < -0.4 is 4.74 Å². The Morgan fingerprint density at radius 3 is 1.53 bits per heavy atom. The van der Waals surface area contributed by atoms with Crippen LogP contribution in [0.5, 0.6) is 5.75 Å². The van der Waals surface area contributed by atoms with E-state index in [-0.39, 0.29) is 6.61 Å². The summed E-state index contributed by atoms with van der Waals surface area (Å²) in [6.45, 7) is 4.35. The zero-order valence-electron chi connectivity index (χ0n) is 18.8. The Kier molecular flexibility index (Phi) is 11.6. The van der Waals surface area contributed by atoms with Crippen molar-refractivity contribution in [3.63, 3.8) is 0 Å². The van der Waals surface area contributed by atoms with E-state index in [1.165, 1.54) is 32.1 Å². The fourth-order valence-corrected chi connectivity index (χ4v) is 2.91. The second kappa shape index (κ2) is 13.4. The molecule has 0 spiro atoms. The zero-order valence-corrected chi connectivity index (χ0v) is 18.8. The van der Waals surface area contributed by atoms with Crippen LogP contribution in [0, 0.1) is 34.5 Å². The Hall–Kier alpha value is -2.19. The van der Waals surface area contributed by atoms with E-state index in [1.54, 1.807) is 0 Å². The van der Waals surface area contributed by atoms with Crippen LogP contribution in [0.25, 0.3) is 0 Å². The minimum atomic E-state index is -2.38. The lowest BCUT2D eigenvalue weighted by atomic mass is 9.94. The van der Waals surface area contributed by atoms with Crippen molar-refractivity contribution >= 4 is 11.9 Å². The maximum absolute atomic E-state index is 13.7. The molecule has 0 heterocycles. The van der Waals surface area contributed by atoms with E-state index in [9.17, 15) is 31.5 Å². The normalized spacial score (nSPS) is 11.5. The number of esters is 2. The molecule has 1 aromatic carbocycles. The number of hydrogen-bond acceptors (Lipinski definition) is 4. The number of halogens is 5. The van der Waals surface area contributed by atoms with Crippen LogP contribution in [0.4, 0.5) is 22.0 Å². The number of unbranched alkanes of at least 4 members (excludes halogenated alkanes) is 9. The van der Waals surface area contributed by atoms with Gasteiger partial charge in [-0.3, -0.25) is 9.59 Å². The topological polar surface area (TPSA) is 52.6 Å². The summed E-state index contributed by atoms with van der Waals surface area (Å²) in [6.07, 6.45) is 10.8. The second-order valence-electron chi connectivity index (χ2n) is 8.23. The third-order valence-corrected chi connectivity index (χ3v) is 5.12. The predicted octanol–water partition coefficient (Wildman–Crippen LogP) is 6.78. The fraction of sp³-hybridized carbons (Fsp3) is 0.652. The summed E-state index contributed by atoms with van der Waals surface area (Å²) in [5.41, 5.74) is -2.02. The number of carbonyl (C=O) groups excluding carboxylic acids is 2. The van der Waals surface area contributed by atoms with Gasteiger partial charge in [-0.25, -0.2) is 13.2 Å². The highest BCUT2D eigenvalue weighted by atomic mass is 19.2. The monoisotopic (exact) mass is 466 g/mol. The Morgan fingerprint density at radius 2 is 1.06 bits per heavy atom. The lowest BCUT2D eigenvalue weighted by Gasteiger charge is -2.21. The van der Waals surface area contributed by atoms with Gasteiger partial charge in [-0.05, 0) is 20.3 Å². The number of carbonyl (C=O) groups is 2. The Balaban J connectivity index is 2.45. The predicted molar refractivity (Wildman–Crippen MR) is 108 cm³/mol. The summed E-state index contributed by atoms with van der Waals surface area (Å²) in [5, 5.41) is 0. The van der Waals surface area contributed by atoms with E-state index < -0.39 is 52.2 Å². The first-order valence-corrected chi connectivity index (χ1v) is 11.0. The van der Waals surface area contributed by atoms with Gasteiger partial charge in [0, 0.05) is 0 Å². The Labute approximate surface area is 185 Å². The Bertz CT molecular complexity index is 751. The summed E-state index contributed by atoms with van der Waals surface area (Å²) in [5.74, 6) is -15.8. The highest BCUT2D eigenvalue weighted by Crippen LogP contribution is 2.31. The molecule has 0 radical (unpaired) electrons. The lowest BCUT2D eigenvalue weighted by molar-refractivity contribution is -0.165. The highest BCUT2D eigenvalue weighted by Gasteiger charge is 2.41. The van der Waals surface area contributed by atoms with Gasteiger partial charge < -0.3 is 9.47 Å². The first-order chi connectivity index (χ1) is 15.1. The molecule has 0 amide bonds.